The van der Waals surface area contributed by atoms with Gasteiger partial charge < -0.3 is 10.1 Å². The van der Waals surface area contributed by atoms with Crippen LogP contribution >= 0.6 is 38.9 Å². The monoisotopic (exact) mass is 360 g/mol. The highest BCUT2D eigenvalue weighted by Crippen LogP contribution is 2.30. The summed E-state index contributed by atoms with van der Waals surface area (Å²) in [6, 6.07) is 5.45. The molecule has 1 N–H and O–H groups in total. The fourth-order valence-electron chi connectivity index (χ4n) is 1.38. The van der Waals surface area contributed by atoms with E-state index < -0.39 is 5.97 Å². The molecule has 0 radical (unpaired) electrons. The lowest BCUT2D eigenvalue weighted by molar-refractivity contribution is 0.0521. The van der Waals surface area contributed by atoms with Crippen molar-refractivity contribution in [3.05, 3.63) is 38.9 Å². The molecular formula is C12H10BrClN2O2S. The average molecular weight is 362 g/mol. The highest BCUT2D eigenvalue weighted by atomic mass is 79.9. The lowest BCUT2D eigenvalue weighted by atomic mass is 10.3. The molecule has 0 aliphatic heterocycles. The summed E-state index contributed by atoms with van der Waals surface area (Å²) in [6.07, 6.45) is 0. The van der Waals surface area contributed by atoms with Crippen molar-refractivity contribution in [3.8, 4) is 0 Å². The van der Waals surface area contributed by atoms with Crippen molar-refractivity contribution in [2.75, 3.05) is 11.9 Å². The van der Waals surface area contributed by atoms with E-state index in [2.05, 4.69) is 26.2 Å². The van der Waals surface area contributed by atoms with E-state index in [1.54, 1.807) is 18.5 Å². The van der Waals surface area contributed by atoms with Crippen LogP contribution in [0.25, 0.3) is 0 Å². The zero-order chi connectivity index (χ0) is 13.8. The maximum Gasteiger partial charge on any atom is 0.360 e. The van der Waals surface area contributed by atoms with Crippen LogP contribution in [0.2, 0.25) is 5.02 Å². The smallest absolute Gasteiger partial charge is 0.360 e. The molecule has 7 heteroatoms. The topological polar surface area (TPSA) is 51.2 Å². The Morgan fingerprint density at radius 3 is 3.05 bits per heavy atom. The highest BCUT2D eigenvalue weighted by Gasteiger charge is 2.16. The first kappa shape index (κ1) is 14.3. The number of benzene rings is 1. The van der Waals surface area contributed by atoms with Gasteiger partial charge in [0.1, 0.15) is 5.00 Å². The second kappa shape index (κ2) is 6.36. The van der Waals surface area contributed by atoms with Crippen LogP contribution in [-0.4, -0.2) is 17.6 Å². The maximum atomic E-state index is 11.7. The van der Waals surface area contributed by atoms with Crippen LogP contribution in [0.15, 0.2) is 28.2 Å². The summed E-state index contributed by atoms with van der Waals surface area (Å²) in [5.41, 5.74) is 2.66. The van der Waals surface area contributed by atoms with Gasteiger partial charge in [-0.25, -0.2) is 9.78 Å². The molecule has 0 spiro atoms. The van der Waals surface area contributed by atoms with Gasteiger partial charge in [-0.2, -0.15) is 0 Å². The number of carbonyl (C=O) groups is 1. The van der Waals surface area contributed by atoms with Gasteiger partial charge in [-0.05, 0) is 41.1 Å². The van der Waals surface area contributed by atoms with Crippen molar-refractivity contribution in [2.24, 2.45) is 0 Å². The zero-order valence-corrected chi connectivity index (χ0v) is 13.1. The van der Waals surface area contributed by atoms with Crippen molar-refractivity contribution in [1.82, 2.24) is 4.98 Å². The minimum Gasteiger partial charge on any atom is -0.461 e. The average Bonchev–Trinajstić information content (AvgIpc) is 2.82. The number of halogens is 2. The van der Waals surface area contributed by atoms with Gasteiger partial charge in [-0.1, -0.05) is 11.6 Å². The Hall–Kier alpha value is -1.11. The van der Waals surface area contributed by atoms with Crippen molar-refractivity contribution in [1.29, 1.82) is 0 Å². The maximum absolute atomic E-state index is 11.7. The molecule has 0 aliphatic carbocycles. The van der Waals surface area contributed by atoms with Gasteiger partial charge in [0.2, 0.25) is 0 Å². The molecule has 1 heterocycles. The molecule has 1 aromatic heterocycles. The zero-order valence-electron chi connectivity index (χ0n) is 9.94. The predicted octanol–water partition coefficient (Wildman–Crippen LogP) is 4.48. The number of hydrogen-bond acceptors (Lipinski definition) is 5. The van der Waals surface area contributed by atoms with Gasteiger partial charge in [-0.15, -0.1) is 11.3 Å². The number of esters is 1. The van der Waals surface area contributed by atoms with Crippen molar-refractivity contribution >= 4 is 55.5 Å². The normalized spacial score (nSPS) is 10.3. The Morgan fingerprint density at radius 1 is 1.58 bits per heavy atom. The largest absolute Gasteiger partial charge is 0.461 e. The molecule has 1 aromatic carbocycles. The SMILES string of the molecule is CCOC(=O)c1ncsc1Nc1ccc(Br)c(Cl)c1. The molecule has 0 fully saturated rings. The Balaban J connectivity index is 2.21. The van der Waals surface area contributed by atoms with Gasteiger partial charge in [0.25, 0.3) is 0 Å². The molecular weight excluding hydrogens is 352 g/mol. The van der Waals surface area contributed by atoms with Gasteiger partial charge >= 0.3 is 5.97 Å². The van der Waals surface area contributed by atoms with E-state index >= 15 is 0 Å². The first-order chi connectivity index (χ1) is 9.11. The number of aromatic nitrogens is 1. The summed E-state index contributed by atoms with van der Waals surface area (Å²) in [4.78, 5) is 15.7. The molecule has 0 amide bonds. The molecule has 19 heavy (non-hydrogen) atoms. The number of anilines is 2. The lowest BCUT2D eigenvalue weighted by Crippen LogP contribution is -2.07. The van der Waals surface area contributed by atoms with E-state index in [0.717, 1.165) is 10.2 Å². The van der Waals surface area contributed by atoms with Gasteiger partial charge in [0, 0.05) is 10.2 Å². The molecule has 0 saturated heterocycles. The Bertz CT molecular complexity index is 603. The molecule has 0 atom stereocenters. The van der Waals surface area contributed by atoms with Gasteiger partial charge in [-0.3, -0.25) is 0 Å². The Labute approximate surface area is 127 Å². The van der Waals surface area contributed by atoms with E-state index in [9.17, 15) is 4.79 Å². The molecule has 2 rings (SSSR count). The van der Waals surface area contributed by atoms with E-state index in [0.29, 0.717) is 16.6 Å². The van der Waals surface area contributed by atoms with Crippen LogP contribution in [-0.2, 0) is 4.74 Å². The first-order valence-electron chi connectivity index (χ1n) is 5.44. The number of nitrogens with one attached hydrogen (secondary N) is 1. The summed E-state index contributed by atoms with van der Waals surface area (Å²) in [5, 5.41) is 4.34. The third kappa shape index (κ3) is 3.46. The number of thiazole rings is 1. The van der Waals surface area contributed by atoms with E-state index in [-0.39, 0.29) is 5.69 Å². The Morgan fingerprint density at radius 2 is 2.37 bits per heavy atom. The Kier molecular flexibility index (Phi) is 4.79. The van der Waals surface area contributed by atoms with Crippen LogP contribution in [0.4, 0.5) is 10.7 Å². The summed E-state index contributed by atoms with van der Waals surface area (Å²) in [7, 11) is 0. The molecule has 4 nitrogen and oxygen atoms in total. The minimum atomic E-state index is -0.436. The van der Waals surface area contributed by atoms with Gasteiger partial charge in [0.15, 0.2) is 5.69 Å². The van der Waals surface area contributed by atoms with Crippen molar-refractivity contribution in [2.45, 2.75) is 6.92 Å². The summed E-state index contributed by atoms with van der Waals surface area (Å²) < 4.78 is 5.75. The summed E-state index contributed by atoms with van der Waals surface area (Å²) in [5.74, 6) is -0.436. The van der Waals surface area contributed by atoms with E-state index in [4.69, 9.17) is 16.3 Å². The molecule has 0 aliphatic rings. The van der Waals surface area contributed by atoms with Crippen molar-refractivity contribution < 1.29 is 9.53 Å². The molecule has 0 saturated carbocycles. The number of carbonyl (C=O) groups excluding carboxylic acids is 1. The number of nitrogens with zero attached hydrogens (tertiary/aromatic N) is 1. The van der Waals surface area contributed by atoms with Crippen LogP contribution in [0.5, 0.6) is 0 Å². The molecule has 100 valence electrons. The van der Waals surface area contributed by atoms with Crippen LogP contribution in [0.3, 0.4) is 0 Å². The van der Waals surface area contributed by atoms with Crippen LogP contribution in [0.1, 0.15) is 17.4 Å². The van der Waals surface area contributed by atoms with Crippen LogP contribution in [0, 0.1) is 0 Å². The van der Waals surface area contributed by atoms with Crippen LogP contribution < -0.4 is 5.32 Å². The number of hydrogen-bond donors (Lipinski definition) is 1. The minimum absolute atomic E-state index is 0.283. The second-order valence-corrected chi connectivity index (χ2v) is 5.62. The third-order valence-electron chi connectivity index (χ3n) is 2.21. The first-order valence-corrected chi connectivity index (χ1v) is 7.49. The standard InChI is InChI=1S/C12H10BrClN2O2S/c1-2-18-12(17)10-11(19-6-15-10)16-7-3-4-8(13)9(14)5-7/h3-6,16H,2H2,1H3. The lowest BCUT2D eigenvalue weighted by Gasteiger charge is -2.07. The van der Waals surface area contributed by atoms with E-state index in [1.807, 2.05) is 12.1 Å². The molecule has 0 unspecified atom stereocenters. The quantitative estimate of drug-likeness (QED) is 0.816. The number of rotatable bonds is 4. The fourth-order valence-corrected chi connectivity index (χ4v) is 2.50. The predicted molar refractivity (Wildman–Crippen MR) is 80.5 cm³/mol. The summed E-state index contributed by atoms with van der Waals surface area (Å²) in [6.45, 7) is 2.08. The second-order valence-electron chi connectivity index (χ2n) is 3.50. The molecule has 0 bridgehead atoms. The number of ether oxygens (including phenoxy) is 1. The third-order valence-corrected chi connectivity index (χ3v) is 4.19. The highest BCUT2D eigenvalue weighted by molar-refractivity contribution is 9.10. The van der Waals surface area contributed by atoms with Gasteiger partial charge in [0.05, 0.1) is 17.1 Å². The van der Waals surface area contributed by atoms with E-state index in [1.165, 1.54) is 11.3 Å². The van der Waals surface area contributed by atoms with Crippen molar-refractivity contribution in [3.63, 3.8) is 0 Å². The molecule has 2 aromatic rings. The fraction of sp³-hybridized carbons (Fsp3) is 0.167. The summed E-state index contributed by atoms with van der Waals surface area (Å²) >= 11 is 10.7.